The number of fused-ring (bicyclic) bond motifs is 1. The Bertz CT molecular complexity index is 1030. The van der Waals surface area contributed by atoms with E-state index < -0.39 is 11.9 Å². The lowest BCUT2D eigenvalue weighted by Gasteiger charge is -2.33. The van der Waals surface area contributed by atoms with Gasteiger partial charge in [-0.25, -0.2) is 4.39 Å². The molecule has 0 radical (unpaired) electrons. The maximum Gasteiger partial charge on any atom is 0.228 e. The molecule has 2 aliphatic rings. The van der Waals surface area contributed by atoms with E-state index in [0.717, 1.165) is 24.9 Å². The van der Waals surface area contributed by atoms with Gasteiger partial charge in [-0.1, -0.05) is 0 Å². The van der Waals surface area contributed by atoms with Gasteiger partial charge in [0.2, 0.25) is 5.95 Å². The van der Waals surface area contributed by atoms with E-state index >= 15 is 0 Å². The lowest BCUT2D eigenvalue weighted by atomic mass is 10.0. The predicted molar refractivity (Wildman–Crippen MR) is 108 cm³/mol. The van der Waals surface area contributed by atoms with Crippen LogP contribution in [0, 0.1) is 5.82 Å². The fourth-order valence-corrected chi connectivity index (χ4v) is 4.31. The van der Waals surface area contributed by atoms with Crippen molar-refractivity contribution in [1.29, 1.82) is 0 Å². The van der Waals surface area contributed by atoms with Gasteiger partial charge in [0.15, 0.2) is 0 Å². The molecule has 8 heteroatoms. The average molecular weight is 397 g/mol. The van der Waals surface area contributed by atoms with Crippen molar-refractivity contribution in [2.45, 2.75) is 37.3 Å². The van der Waals surface area contributed by atoms with Gasteiger partial charge < -0.3 is 20.4 Å². The van der Waals surface area contributed by atoms with Gasteiger partial charge in [0, 0.05) is 25.3 Å². The number of anilines is 1. The van der Waals surface area contributed by atoms with Crippen LogP contribution in [0.15, 0.2) is 30.5 Å². The Kier molecular flexibility index (Phi) is 4.40. The number of aromatic hydroxyl groups is 1. The first-order valence-electron chi connectivity index (χ1n) is 9.99. The quantitative estimate of drug-likeness (QED) is 0.628. The van der Waals surface area contributed by atoms with E-state index in [9.17, 15) is 14.6 Å². The smallest absolute Gasteiger partial charge is 0.228 e. The van der Waals surface area contributed by atoms with E-state index in [-0.39, 0.29) is 17.4 Å². The van der Waals surface area contributed by atoms with Gasteiger partial charge in [0.05, 0.1) is 17.2 Å². The van der Waals surface area contributed by atoms with Crippen LogP contribution in [0.3, 0.4) is 0 Å². The molecule has 2 aromatic heterocycles. The zero-order valence-electron chi connectivity index (χ0n) is 16.2. The topological polar surface area (TPSA) is 85.9 Å². The van der Waals surface area contributed by atoms with E-state index in [1.165, 1.54) is 6.07 Å². The summed E-state index contributed by atoms with van der Waals surface area (Å²) in [5.41, 5.74) is 1.87. The fraction of sp³-hybridized carbons (Fsp3) is 0.429. The molecule has 3 N–H and O–H groups in total. The van der Waals surface area contributed by atoms with Crippen molar-refractivity contribution in [3.05, 3.63) is 41.8 Å². The molecule has 5 rings (SSSR count). The number of halogens is 1. The van der Waals surface area contributed by atoms with Crippen LogP contribution in [-0.4, -0.2) is 62.0 Å². The molecule has 1 aliphatic carbocycles. The van der Waals surface area contributed by atoms with Crippen molar-refractivity contribution in [2.24, 2.45) is 0 Å². The standard InChI is InChI=1S/C21H24FN5O2/c1-26-10-14(9-15(28)11-26)23-21-25-24-20(17-3-2-6-27(17)21)19-16(22)7-13(8-18(19)29)12-4-5-12/h2-3,6-8,12,14-15,28-29H,4-5,9-11H2,1H3,(H,23,25)/t14-,15-/m1/s1. The number of likely N-dealkylation sites (N-methyl/N-ethyl adjacent to an activating group) is 1. The van der Waals surface area contributed by atoms with Crippen molar-refractivity contribution in [1.82, 2.24) is 19.5 Å². The largest absolute Gasteiger partial charge is 0.507 e. The molecule has 2 fully saturated rings. The number of aliphatic hydroxyl groups is 1. The van der Waals surface area contributed by atoms with Crippen LogP contribution >= 0.6 is 0 Å². The van der Waals surface area contributed by atoms with Gasteiger partial charge in [-0.2, -0.15) is 0 Å². The van der Waals surface area contributed by atoms with Crippen LogP contribution in [0.1, 0.15) is 30.7 Å². The van der Waals surface area contributed by atoms with Crippen LogP contribution in [0.4, 0.5) is 10.3 Å². The van der Waals surface area contributed by atoms with E-state index in [0.29, 0.717) is 36.0 Å². The maximum absolute atomic E-state index is 14.9. The Morgan fingerprint density at radius 3 is 2.76 bits per heavy atom. The highest BCUT2D eigenvalue weighted by Gasteiger charge is 2.28. The third-order valence-electron chi connectivity index (χ3n) is 5.79. The molecule has 1 aromatic carbocycles. The number of aliphatic hydroxyl groups excluding tert-OH is 1. The molecule has 0 spiro atoms. The van der Waals surface area contributed by atoms with Crippen molar-refractivity contribution < 1.29 is 14.6 Å². The number of hydrogen-bond donors (Lipinski definition) is 3. The van der Waals surface area contributed by atoms with E-state index in [2.05, 4.69) is 20.4 Å². The van der Waals surface area contributed by atoms with E-state index in [4.69, 9.17) is 0 Å². The highest BCUT2D eigenvalue weighted by atomic mass is 19.1. The number of β-amino-alcohol motifs (C(OH)–C–C–N with tert-alkyl or cyclic N) is 1. The number of phenols is 1. The van der Waals surface area contributed by atoms with Crippen LogP contribution in [0.2, 0.25) is 0 Å². The van der Waals surface area contributed by atoms with Crippen LogP contribution in [0.25, 0.3) is 16.8 Å². The monoisotopic (exact) mass is 397 g/mol. The minimum atomic E-state index is -0.484. The third-order valence-corrected chi connectivity index (χ3v) is 5.79. The van der Waals surface area contributed by atoms with Gasteiger partial charge in [-0.05, 0) is 62.1 Å². The lowest BCUT2D eigenvalue weighted by Crippen LogP contribution is -2.47. The number of benzene rings is 1. The first kappa shape index (κ1) is 18.3. The molecule has 0 bridgehead atoms. The van der Waals surface area contributed by atoms with E-state index in [1.807, 2.05) is 25.4 Å². The molecule has 2 atom stereocenters. The molecule has 7 nitrogen and oxygen atoms in total. The van der Waals surface area contributed by atoms with Gasteiger partial charge in [-0.15, -0.1) is 10.2 Å². The molecule has 0 unspecified atom stereocenters. The average Bonchev–Trinajstić information content (AvgIpc) is 3.38. The summed E-state index contributed by atoms with van der Waals surface area (Å²) in [6, 6.07) is 6.83. The molecule has 29 heavy (non-hydrogen) atoms. The minimum Gasteiger partial charge on any atom is -0.507 e. The summed E-state index contributed by atoms with van der Waals surface area (Å²) >= 11 is 0. The van der Waals surface area contributed by atoms with E-state index in [1.54, 1.807) is 10.5 Å². The second-order valence-corrected chi connectivity index (χ2v) is 8.26. The van der Waals surface area contributed by atoms with Crippen molar-refractivity contribution in [3.8, 4) is 17.0 Å². The summed E-state index contributed by atoms with van der Waals surface area (Å²) in [5.74, 6) is 0.277. The summed E-state index contributed by atoms with van der Waals surface area (Å²) < 4.78 is 16.7. The van der Waals surface area contributed by atoms with Crippen LogP contribution in [0.5, 0.6) is 5.75 Å². The summed E-state index contributed by atoms with van der Waals surface area (Å²) in [7, 11) is 1.97. The summed E-state index contributed by atoms with van der Waals surface area (Å²) in [4.78, 5) is 2.06. The summed E-state index contributed by atoms with van der Waals surface area (Å²) in [6.45, 7) is 1.43. The SMILES string of the molecule is CN1C[C@H](O)C[C@@H](Nc2nnc(-c3c(O)cc(C4CC4)cc3F)c3cccn23)C1. The first-order chi connectivity index (χ1) is 14.0. The molecule has 1 aliphatic heterocycles. The first-order valence-corrected chi connectivity index (χ1v) is 9.99. The van der Waals surface area contributed by atoms with Gasteiger partial charge in [0.1, 0.15) is 17.3 Å². The van der Waals surface area contributed by atoms with Gasteiger partial charge in [0.25, 0.3) is 0 Å². The molecule has 1 saturated heterocycles. The Labute approximate surface area is 167 Å². The molecule has 0 amide bonds. The number of hydrogen-bond acceptors (Lipinski definition) is 6. The predicted octanol–water partition coefficient (Wildman–Crippen LogP) is 2.60. The summed E-state index contributed by atoms with van der Waals surface area (Å²) in [5, 5.41) is 32.4. The molecule has 152 valence electrons. The molecule has 3 heterocycles. The molecule has 3 aromatic rings. The minimum absolute atomic E-state index is 0.0254. The number of rotatable bonds is 4. The highest BCUT2D eigenvalue weighted by Crippen LogP contribution is 2.44. The Morgan fingerprint density at radius 2 is 2.03 bits per heavy atom. The Morgan fingerprint density at radius 1 is 1.21 bits per heavy atom. The maximum atomic E-state index is 14.9. The number of piperidine rings is 1. The van der Waals surface area contributed by atoms with Crippen molar-refractivity contribution in [2.75, 3.05) is 25.5 Å². The highest BCUT2D eigenvalue weighted by molar-refractivity contribution is 5.81. The van der Waals surface area contributed by atoms with Crippen molar-refractivity contribution >= 4 is 11.5 Å². The van der Waals surface area contributed by atoms with Crippen LogP contribution < -0.4 is 5.32 Å². The normalized spacial score (nSPS) is 22.9. The van der Waals surface area contributed by atoms with Crippen molar-refractivity contribution in [3.63, 3.8) is 0 Å². The second kappa shape index (κ2) is 6.96. The molecule has 1 saturated carbocycles. The fourth-order valence-electron chi connectivity index (χ4n) is 4.31. The number of nitrogens with zero attached hydrogens (tertiary/aromatic N) is 4. The zero-order chi connectivity index (χ0) is 20.1. The van der Waals surface area contributed by atoms with Gasteiger partial charge >= 0.3 is 0 Å². The number of likely N-dealkylation sites (tertiary alicyclic amines) is 1. The zero-order valence-corrected chi connectivity index (χ0v) is 16.2. The van der Waals surface area contributed by atoms with Crippen LogP contribution in [-0.2, 0) is 0 Å². The Hall–Kier alpha value is -2.71. The number of aromatic nitrogens is 3. The van der Waals surface area contributed by atoms with Gasteiger partial charge in [-0.3, -0.25) is 4.40 Å². The molecular formula is C21H24FN5O2. The second-order valence-electron chi connectivity index (χ2n) is 8.26. The molecular weight excluding hydrogens is 373 g/mol. The number of nitrogens with one attached hydrogen (secondary N) is 1. The third kappa shape index (κ3) is 3.42. The Balaban J connectivity index is 1.51. The summed E-state index contributed by atoms with van der Waals surface area (Å²) in [6.07, 6.45) is 4.12. The number of phenolic OH excluding ortho intramolecular Hbond substituents is 1. The lowest BCUT2D eigenvalue weighted by molar-refractivity contribution is 0.0778.